The van der Waals surface area contributed by atoms with Gasteiger partial charge < -0.3 is 28.8 Å². The minimum atomic E-state index is -0.587. The van der Waals surface area contributed by atoms with E-state index in [0.29, 0.717) is 22.7 Å². The highest BCUT2D eigenvalue weighted by molar-refractivity contribution is 6.07. The number of hydrogen-bond acceptors (Lipinski definition) is 11. The van der Waals surface area contributed by atoms with Gasteiger partial charge >= 0.3 is 17.6 Å². The Labute approximate surface area is 205 Å². The Bertz CT molecular complexity index is 1540. The lowest BCUT2D eigenvalue weighted by molar-refractivity contribution is -0.145. The lowest BCUT2D eigenvalue weighted by Gasteiger charge is -2.09. The van der Waals surface area contributed by atoms with Crippen LogP contribution in [-0.2, 0) is 27.3 Å². The third-order valence-electron chi connectivity index (χ3n) is 5.72. The molecule has 0 unspecified atom stereocenters. The number of aryl methyl sites for hydroxylation is 2. The van der Waals surface area contributed by atoms with Gasteiger partial charge in [-0.1, -0.05) is 0 Å². The topological polar surface area (TPSA) is 157 Å². The van der Waals surface area contributed by atoms with Gasteiger partial charge in [0, 0.05) is 23.4 Å². The van der Waals surface area contributed by atoms with Crippen molar-refractivity contribution in [3.8, 4) is 5.75 Å². The van der Waals surface area contributed by atoms with Crippen molar-refractivity contribution in [2.75, 3.05) is 19.5 Å². The molecule has 0 saturated heterocycles. The number of esters is 2. The highest BCUT2D eigenvalue weighted by atomic mass is 16.5. The highest BCUT2D eigenvalue weighted by Gasteiger charge is 2.24. The standard InChI is InChI=1S/C25H25N3O8/c1-5-33-25(31)20-13(3)35-23-21(20)22(26)27-18(28-23)11-34-19(29)9-8-16-12(2)15-7-6-14(32-4)10-17(15)36-24(16)30/h6-7,10H,5,8-9,11H2,1-4H3,(H2,26,27,28). The summed E-state index contributed by atoms with van der Waals surface area (Å²) in [6.07, 6.45) is 0.0785. The monoisotopic (exact) mass is 495 g/mol. The molecule has 0 aliphatic heterocycles. The van der Waals surface area contributed by atoms with Crippen LogP contribution in [0.2, 0.25) is 0 Å². The molecule has 3 aromatic heterocycles. The van der Waals surface area contributed by atoms with Gasteiger partial charge in [0.2, 0.25) is 5.71 Å². The van der Waals surface area contributed by atoms with Crippen LogP contribution in [0.4, 0.5) is 5.82 Å². The van der Waals surface area contributed by atoms with Crippen LogP contribution >= 0.6 is 0 Å². The maximum Gasteiger partial charge on any atom is 0.342 e. The van der Waals surface area contributed by atoms with Gasteiger partial charge in [-0.25, -0.2) is 14.6 Å². The summed E-state index contributed by atoms with van der Waals surface area (Å²) in [5.41, 5.74) is 7.29. The van der Waals surface area contributed by atoms with Crippen LogP contribution in [0.15, 0.2) is 31.8 Å². The average molecular weight is 495 g/mol. The van der Waals surface area contributed by atoms with Crippen molar-refractivity contribution in [3.63, 3.8) is 0 Å². The minimum absolute atomic E-state index is 0.00646. The number of furan rings is 1. The van der Waals surface area contributed by atoms with Gasteiger partial charge in [0.25, 0.3) is 0 Å². The number of hydrogen-bond donors (Lipinski definition) is 1. The molecule has 4 aromatic rings. The summed E-state index contributed by atoms with van der Waals surface area (Å²) >= 11 is 0. The predicted molar refractivity (Wildman–Crippen MR) is 129 cm³/mol. The fourth-order valence-electron chi connectivity index (χ4n) is 3.93. The fourth-order valence-corrected chi connectivity index (χ4v) is 3.93. The van der Waals surface area contributed by atoms with Crippen LogP contribution in [0.3, 0.4) is 0 Å². The van der Waals surface area contributed by atoms with Crippen molar-refractivity contribution < 1.29 is 32.6 Å². The van der Waals surface area contributed by atoms with Gasteiger partial charge in [-0.05, 0) is 44.9 Å². The quantitative estimate of drug-likeness (QED) is 0.282. The van der Waals surface area contributed by atoms with Crippen LogP contribution in [0.5, 0.6) is 5.75 Å². The molecule has 11 heteroatoms. The molecular weight excluding hydrogens is 470 g/mol. The first-order chi connectivity index (χ1) is 17.2. The van der Waals surface area contributed by atoms with E-state index in [1.54, 1.807) is 39.0 Å². The van der Waals surface area contributed by atoms with Gasteiger partial charge in [0.1, 0.15) is 28.5 Å². The van der Waals surface area contributed by atoms with Crippen molar-refractivity contribution in [2.24, 2.45) is 0 Å². The molecule has 2 N–H and O–H groups in total. The molecular formula is C25H25N3O8. The molecule has 11 nitrogen and oxygen atoms in total. The second kappa shape index (κ2) is 10.1. The molecule has 0 amide bonds. The fraction of sp³-hybridized carbons (Fsp3) is 0.320. The van der Waals surface area contributed by atoms with E-state index in [4.69, 9.17) is 28.8 Å². The summed E-state index contributed by atoms with van der Waals surface area (Å²) in [5.74, 6) is -0.171. The zero-order valence-electron chi connectivity index (χ0n) is 20.3. The van der Waals surface area contributed by atoms with E-state index in [0.717, 1.165) is 10.9 Å². The van der Waals surface area contributed by atoms with E-state index in [1.807, 2.05) is 0 Å². The van der Waals surface area contributed by atoms with E-state index in [-0.39, 0.29) is 54.4 Å². The molecule has 1 aromatic carbocycles. The zero-order valence-corrected chi connectivity index (χ0v) is 20.3. The molecule has 0 atom stereocenters. The van der Waals surface area contributed by atoms with Crippen LogP contribution in [0.1, 0.15) is 46.4 Å². The lowest BCUT2D eigenvalue weighted by Crippen LogP contribution is -2.14. The average Bonchev–Trinajstić information content (AvgIpc) is 3.18. The molecule has 0 radical (unpaired) electrons. The van der Waals surface area contributed by atoms with Crippen molar-refractivity contribution in [1.29, 1.82) is 0 Å². The van der Waals surface area contributed by atoms with Gasteiger partial charge in [0.15, 0.2) is 12.4 Å². The number of nitrogens with two attached hydrogens (primary N) is 1. The van der Waals surface area contributed by atoms with Gasteiger partial charge in [-0.15, -0.1) is 0 Å². The maximum absolute atomic E-state index is 12.5. The van der Waals surface area contributed by atoms with E-state index in [2.05, 4.69) is 9.97 Å². The van der Waals surface area contributed by atoms with Crippen LogP contribution in [0, 0.1) is 13.8 Å². The molecule has 0 saturated carbocycles. The summed E-state index contributed by atoms with van der Waals surface area (Å²) in [6.45, 7) is 5.00. The molecule has 3 heterocycles. The number of anilines is 1. The third kappa shape index (κ3) is 4.72. The van der Waals surface area contributed by atoms with Crippen LogP contribution in [-0.4, -0.2) is 35.6 Å². The second-order valence-corrected chi connectivity index (χ2v) is 7.97. The lowest BCUT2D eigenvalue weighted by atomic mass is 10.0. The number of nitrogen functional groups attached to an aromatic ring is 1. The van der Waals surface area contributed by atoms with Gasteiger partial charge in [-0.3, -0.25) is 4.79 Å². The summed E-state index contributed by atoms with van der Waals surface area (Å²) < 4.78 is 26.4. The Morgan fingerprint density at radius 1 is 1.11 bits per heavy atom. The SMILES string of the molecule is CCOC(=O)c1c(C)oc2nc(COC(=O)CCc3c(C)c4ccc(OC)cc4oc3=O)nc(N)c12. The summed E-state index contributed by atoms with van der Waals surface area (Å²) in [4.78, 5) is 45.4. The predicted octanol–water partition coefficient (Wildman–Crippen LogP) is 3.39. The smallest absolute Gasteiger partial charge is 0.342 e. The normalized spacial score (nSPS) is 11.1. The minimum Gasteiger partial charge on any atom is -0.497 e. The molecule has 4 rings (SSSR count). The molecule has 0 spiro atoms. The number of carbonyl (C=O) groups is 2. The molecule has 0 bridgehead atoms. The number of nitrogens with zero attached hydrogens (tertiary/aromatic N) is 2. The maximum atomic E-state index is 12.5. The summed E-state index contributed by atoms with van der Waals surface area (Å²) in [7, 11) is 1.53. The largest absolute Gasteiger partial charge is 0.497 e. The van der Waals surface area contributed by atoms with Gasteiger partial charge in [0.05, 0.1) is 19.1 Å². The highest BCUT2D eigenvalue weighted by Crippen LogP contribution is 2.29. The summed E-state index contributed by atoms with van der Waals surface area (Å²) in [5, 5.41) is 1.00. The number of rotatable bonds is 8. The van der Waals surface area contributed by atoms with Crippen LogP contribution in [0.25, 0.3) is 22.1 Å². The Balaban J connectivity index is 1.45. The first kappa shape index (κ1) is 24.7. The zero-order chi connectivity index (χ0) is 26.0. The Morgan fingerprint density at radius 3 is 2.61 bits per heavy atom. The van der Waals surface area contributed by atoms with E-state index in [9.17, 15) is 14.4 Å². The van der Waals surface area contributed by atoms with Crippen molar-refractivity contribution >= 4 is 39.8 Å². The second-order valence-electron chi connectivity index (χ2n) is 7.97. The van der Waals surface area contributed by atoms with E-state index in [1.165, 1.54) is 7.11 Å². The van der Waals surface area contributed by atoms with Crippen LogP contribution < -0.4 is 16.1 Å². The molecule has 0 aliphatic rings. The molecule has 36 heavy (non-hydrogen) atoms. The van der Waals surface area contributed by atoms with Crippen molar-refractivity contribution in [1.82, 2.24) is 9.97 Å². The van der Waals surface area contributed by atoms with Crippen molar-refractivity contribution in [3.05, 3.63) is 56.9 Å². The molecule has 0 aliphatic carbocycles. The van der Waals surface area contributed by atoms with Crippen molar-refractivity contribution in [2.45, 2.75) is 40.2 Å². The number of benzene rings is 1. The third-order valence-corrected chi connectivity index (χ3v) is 5.72. The first-order valence-corrected chi connectivity index (χ1v) is 11.2. The molecule has 188 valence electrons. The molecule has 0 fully saturated rings. The number of fused-ring (bicyclic) bond motifs is 2. The number of carbonyl (C=O) groups excluding carboxylic acids is 2. The Morgan fingerprint density at radius 2 is 1.89 bits per heavy atom. The number of ether oxygens (including phenoxy) is 3. The van der Waals surface area contributed by atoms with Gasteiger partial charge in [-0.2, -0.15) is 4.98 Å². The first-order valence-electron chi connectivity index (χ1n) is 11.2. The van der Waals surface area contributed by atoms with E-state index >= 15 is 0 Å². The van der Waals surface area contributed by atoms with E-state index < -0.39 is 17.6 Å². The Kier molecular flexibility index (Phi) is 6.91. The Hall–Kier alpha value is -4.41. The number of methoxy groups -OCH3 is 1. The number of aromatic nitrogens is 2. The summed E-state index contributed by atoms with van der Waals surface area (Å²) in [6, 6.07) is 5.21.